The van der Waals surface area contributed by atoms with E-state index in [1.807, 2.05) is 31.2 Å². The maximum atomic E-state index is 11.9. The van der Waals surface area contributed by atoms with Gasteiger partial charge in [0.1, 0.15) is 5.75 Å². The van der Waals surface area contributed by atoms with Crippen molar-refractivity contribution in [3.8, 4) is 5.75 Å². The van der Waals surface area contributed by atoms with Crippen LogP contribution in [0.15, 0.2) is 48.5 Å². The molecule has 114 valence electrons. The molecule has 0 aliphatic heterocycles. The number of carbonyl (C=O) groups excluding carboxylic acids is 1. The Morgan fingerprint density at radius 2 is 1.77 bits per heavy atom. The maximum Gasteiger partial charge on any atom is 0.417 e. The van der Waals surface area contributed by atoms with Crippen molar-refractivity contribution >= 4 is 34.9 Å². The molecule has 0 heterocycles. The molecule has 22 heavy (non-hydrogen) atoms. The lowest BCUT2D eigenvalue weighted by molar-refractivity contribution is 0.215. The van der Waals surface area contributed by atoms with E-state index in [2.05, 4.69) is 10.6 Å². The molecule has 0 aromatic heterocycles. The van der Waals surface area contributed by atoms with Crippen LogP contribution in [-0.2, 0) is 4.74 Å². The van der Waals surface area contributed by atoms with Gasteiger partial charge in [0.2, 0.25) is 0 Å². The van der Waals surface area contributed by atoms with Gasteiger partial charge in [-0.1, -0.05) is 23.8 Å². The SMILES string of the molecule is COC(=S)Nc1cccc(OC(=O)Nc2ccc(C)cc2)c1. The number of rotatable bonds is 3. The molecule has 0 saturated heterocycles. The van der Waals surface area contributed by atoms with Gasteiger partial charge in [0.15, 0.2) is 0 Å². The number of amides is 1. The number of ether oxygens (including phenoxy) is 2. The minimum Gasteiger partial charge on any atom is -0.474 e. The molecule has 0 fully saturated rings. The summed E-state index contributed by atoms with van der Waals surface area (Å²) in [6, 6.07) is 14.3. The minimum absolute atomic E-state index is 0.237. The highest BCUT2D eigenvalue weighted by molar-refractivity contribution is 7.80. The number of aryl methyl sites for hydroxylation is 1. The van der Waals surface area contributed by atoms with E-state index >= 15 is 0 Å². The van der Waals surface area contributed by atoms with Gasteiger partial charge < -0.3 is 14.8 Å². The number of nitrogens with one attached hydrogen (secondary N) is 2. The molecule has 1 amide bonds. The molecule has 0 bridgehead atoms. The lowest BCUT2D eigenvalue weighted by atomic mass is 10.2. The van der Waals surface area contributed by atoms with Crippen molar-refractivity contribution in [1.29, 1.82) is 0 Å². The number of hydrogen-bond donors (Lipinski definition) is 2. The molecule has 0 saturated carbocycles. The molecule has 2 N–H and O–H groups in total. The summed E-state index contributed by atoms with van der Waals surface area (Å²) in [7, 11) is 1.48. The summed E-state index contributed by atoms with van der Waals surface area (Å²) in [6.45, 7) is 1.98. The van der Waals surface area contributed by atoms with Crippen molar-refractivity contribution in [3.63, 3.8) is 0 Å². The standard InChI is InChI=1S/C16H16N2O3S/c1-11-6-8-12(9-7-11)17-15(19)21-14-5-3-4-13(10-14)18-16(22)20-2/h3-10H,1-2H3,(H,17,19)(H,18,22). The number of methoxy groups -OCH3 is 1. The highest BCUT2D eigenvalue weighted by atomic mass is 32.1. The van der Waals surface area contributed by atoms with E-state index in [0.717, 1.165) is 5.56 Å². The van der Waals surface area contributed by atoms with Crippen molar-refractivity contribution in [2.75, 3.05) is 17.7 Å². The summed E-state index contributed by atoms with van der Waals surface area (Å²) < 4.78 is 10.1. The molecule has 6 heteroatoms. The second-order valence-corrected chi connectivity index (χ2v) is 4.90. The third kappa shape index (κ3) is 4.75. The monoisotopic (exact) mass is 316 g/mol. The lowest BCUT2D eigenvalue weighted by Crippen LogP contribution is -2.17. The zero-order valence-electron chi connectivity index (χ0n) is 12.3. The summed E-state index contributed by atoms with van der Waals surface area (Å²) in [5.74, 6) is 0.397. The average Bonchev–Trinajstić information content (AvgIpc) is 2.49. The fourth-order valence-corrected chi connectivity index (χ4v) is 1.81. The van der Waals surface area contributed by atoms with Crippen LogP contribution in [0.2, 0.25) is 0 Å². The fraction of sp³-hybridized carbons (Fsp3) is 0.125. The Kier molecular flexibility index (Phi) is 5.32. The number of carbonyl (C=O) groups is 1. The highest BCUT2D eigenvalue weighted by Crippen LogP contribution is 2.18. The molecule has 0 spiro atoms. The van der Waals surface area contributed by atoms with E-state index in [4.69, 9.17) is 21.7 Å². The summed E-state index contributed by atoms with van der Waals surface area (Å²) in [4.78, 5) is 11.9. The predicted molar refractivity (Wildman–Crippen MR) is 90.5 cm³/mol. The first kappa shape index (κ1) is 15.8. The molecular weight excluding hydrogens is 300 g/mol. The Bertz CT molecular complexity index is 671. The van der Waals surface area contributed by atoms with Gasteiger partial charge >= 0.3 is 6.09 Å². The van der Waals surface area contributed by atoms with E-state index in [1.165, 1.54) is 7.11 Å². The van der Waals surface area contributed by atoms with Crippen molar-refractivity contribution in [1.82, 2.24) is 0 Å². The molecule has 0 aliphatic carbocycles. The second-order valence-electron chi connectivity index (χ2n) is 4.52. The van der Waals surface area contributed by atoms with E-state index in [-0.39, 0.29) is 5.17 Å². The van der Waals surface area contributed by atoms with Crippen LogP contribution in [0, 0.1) is 6.92 Å². The molecular formula is C16H16N2O3S. The molecule has 0 radical (unpaired) electrons. The van der Waals surface area contributed by atoms with Crippen LogP contribution < -0.4 is 15.4 Å². The molecule has 5 nitrogen and oxygen atoms in total. The number of anilines is 2. The third-order valence-electron chi connectivity index (χ3n) is 2.77. The van der Waals surface area contributed by atoms with E-state index in [0.29, 0.717) is 17.1 Å². The van der Waals surface area contributed by atoms with E-state index in [9.17, 15) is 4.79 Å². The van der Waals surface area contributed by atoms with Crippen LogP contribution in [0.3, 0.4) is 0 Å². The van der Waals surface area contributed by atoms with Gasteiger partial charge in [-0.25, -0.2) is 4.79 Å². The van der Waals surface area contributed by atoms with E-state index < -0.39 is 6.09 Å². The molecule has 2 aromatic rings. The second kappa shape index (κ2) is 7.42. The Labute approximate surface area is 134 Å². The third-order valence-corrected chi connectivity index (χ3v) is 3.04. The lowest BCUT2D eigenvalue weighted by Gasteiger charge is -2.09. The summed E-state index contributed by atoms with van der Waals surface area (Å²) >= 11 is 4.91. The summed E-state index contributed by atoms with van der Waals surface area (Å²) in [6.07, 6.45) is -0.560. The normalized spacial score (nSPS) is 9.73. The Hall–Kier alpha value is -2.60. The van der Waals surface area contributed by atoms with Crippen LogP contribution in [-0.4, -0.2) is 18.4 Å². The minimum atomic E-state index is -0.560. The Balaban J connectivity index is 1.97. The van der Waals surface area contributed by atoms with Gasteiger partial charge in [0.05, 0.1) is 7.11 Å². The van der Waals surface area contributed by atoms with Crippen LogP contribution in [0.1, 0.15) is 5.56 Å². The van der Waals surface area contributed by atoms with Gasteiger partial charge in [-0.05, 0) is 43.4 Å². The first-order valence-electron chi connectivity index (χ1n) is 6.57. The van der Waals surface area contributed by atoms with Gasteiger partial charge in [-0.15, -0.1) is 0 Å². The van der Waals surface area contributed by atoms with E-state index in [1.54, 1.807) is 24.3 Å². The first-order valence-corrected chi connectivity index (χ1v) is 6.98. The Morgan fingerprint density at radius 1 is 1.05 bits per heavy atom. The summed E-state index contributed by atoms with van der Waals surface area (Å²) in [5, 5.41) is 5.75. The molecule has 2 rings (SSSR count). The number of benzene rings is 2. The van der Waals surface area contributed by atoms with Gasteiger partial charge in [0, 0.05) is 17.4 Å². The summed E-state index contributed by atoms with van der Waals surface area (Å²) in [5.41, 5.74) is 2.46. The predicted octanol–water partition coefficient (Wildman–Crippen LogP) is 3.95. The van der Waals surface area contributed by atoms with Crippen LogP contribution in [0.4, 0.5) is 16.2 Å². The molecule has 0 atom stereocenters. The van der Waals surface area contributed by atoms with Gasteiger partial charge in [0.25, 0.3) is 5.17 Å². The number of thiocarbonyl (C=S) groups is 1. The average molecular weight is 316 g/mol. The smallest absolute Gasteiger partial charge is 0.417 e. The maximum absolute atomic E-state index is 11.9. The fourth-order valence-electron chi connectivity index (χ4n) is 1.69. The largest absolute Gasteiger partial charge is 0.474 e. The first-order chi connectivity index (χ1) is 10.6. The molecule has 2 aromatic carbocycles. The Morgan fingerprint density at radius 3 is 2.45 bits per heavy atom. The molecule has 0 unspecified atom stereocenters. The zero-order valence-corrected chi connectivity index (χ0v) is 13.1. The number of hydrogen-bond acceptors (Lipinski definition) is 4. The van der Waals surface area contributed by atoms with Crippen molar-refractivity contribution in [3.05, 3.63) is 54.1 Å². The quantitative estimate of drug-likeness (QED) is 0.840. The zero-order chi connectivity index (χ0) is 15.9. The van der Waals surface area contributed by atoms with Gasteiger partial charge in [-0.2, -0.15) is 0 Å². The van der Waals surface area contributed by atoms with Crippen LogP contribution >= 0.6 is 12.2 Å². The van der Waals surface area contributed by atoms with Crippen molar-refractivity contribution in [2.45, 2.75) is 6.92 Å². The van der Waals surface area contributed by atoms with Crippen LogP contribution in [0.5, 0.6) is 5.75 Å². The van der Waals surface area contributed by atoms with Crippen LogP contribution in [0.25, 0.3) is 0 Å². The van der Waals surface area contributed by atoms with Gasteiger partial charge in [-0.3, -0.25) is 5.32 Å². The highest BCUT2D eigenvalue weighted by Gasteiger charge is 2.06. The van der Waals surface area contributed by atoms with Crippen molar-refractivity contribution in [2.24, 2.45) is 0 Å². The molecule has 0 aliphatic rings. The topological polar surface area (TPSA) is 59.6 Å². The van der Waals surface area contributed by atoms with Crippen molar-refractivity contribution < 1.29 is 14.3 Å².